The van der Waals surface area contributed by atoms with Gasteiger partial charge in [-0.25, -0.2) is 0 Å². The number of hydrogen-bond acceptors (Lipinski definition) is 1. The highest BCUT2D eigenvalue weighted by molar-refractivity contribution is 6.30. The SMILES string of the molecule is Cc1cc(Cl)cc(C(N)c2ccc(C)cc2C)c1. The standard InChI is InChI=1S/C16H18ClN/c1-10-4-5-15(12(3)6-10)16(18)13-7-11(2)8-14(17)9-13/h4-9,16H,18H2,1-3H3. The highest BCUT2D eigenvalue weighted by Gasteiger charge is 2.12. The first-order valence-corrected chi connectivity index (χ1v) is 6.45. The van der Waals surface area contributed by atoms with Crippen LogP contribution in [0.1, 0.15) is 33.9 Å². The summed E-state index contributed by atoms with van der Waals surface area (Å²) in [5, 5.41) is 0.741. The zero-order valence-electron chi connectivity index (χ0n) is 11.0. The lowest BCUT2D eigenvalue weighted by Crippen LogP contribution is -2.13. The number of benzene rings is 2. The van der Waals surface area contributed by atoms with Crippen LogP contribution in [-0.2, 0) is 0 Å². The van der Waals surface area contributed by atoms with Crippen LogP contribution in [0.5, 0.6) is 0 Å². The zero-order chi connectivity index (χ0) is 13.3. The molecule has 0 radical (unpaired) electrons. The topological polar surface area (TPSA) is 26.0 Å². The van der Waals surface area contributed by atoms with Crippen LogP contribution in [0.4, 0.5) is 0 Å². The van der Waals surface area contributed by atoms with E-state index in [1.54, 1.807) is 0 Å². The molecule has 2 rings (SSSR count). The Kier molecular flexibility index (Phi) is 3.74. The van der Waals surface area contributed by atoms with E-state index in [1.165, 1.54) is 11.1 Å². The fraction of sp³-hybridized carbons (Fsp3) is 0.250. The molecule has 94 valence electrons. The fourth-order valence-electron chi connectivity index (χ4n) is 2.30. The van der Waals surface area contributed by atoms with Crippen molar-refractivity contribution in [3.05, 3.63) is 69.2 Å². The molecule has 2 heteroatoms. The molecule has 1 nitrogen and oxygen atoms in total. The molecule has 0 spiro atoms. The van der Waals surface area contributed by atoms with E-state index >= 15 is 0 Å². The van der Waals surface area contributed by atoms with E-state index < -0.39 is 0 Å². The average molecular weight is 260 g/mol. The molecule has 0 saturated carbocycles. The molecule has 0 aliphatic rings. The molecule has 0 aromatic heterocycles. The van der Waals surface area contributed by atoms with Gasteiger partial charge in [0.1, 0.15) is 0 Å². The van der Waals surface area contributed by atoms with E-state index in [0.29, 0.717) is 0 Å². The van der Waals surface area contributed by atoms with Crippen molar-refractivity contribution < 1.29 is 0 Å². The first kappa shape index (κ1) is 13.1. The lowest BCUT2D eigenvalue weighted by Gasteiger charge is -2.16. The predicted octanol–water partition coefficient (Wildman–Crippen LogP) is 4.31. The molecule has 1 unspecified atom stereocenters. The summed E-state index contributed by atoms with van der Waals surface area (Å²) < 4.78 is 0. The van der Waals surface area contributed by atoms with Crippen molar-refractivity contribution in [2.24, 2.45) is 5.73 Å². The molecular weight excluding hydrogens is 242 g/mol. The number of rotatable bonds is 2. The summed E-state index contributed by atoms with van der Waals surface area (Å²) >= 11 is 6.09. The van der Waals surface area contributed by atoms with Gasteiger partial charge in [0.05, 0.1) is 6.04 Å². The summed E-state index contributed by atoms with van der Waals surface area (Å²) in [6.07, 6.45) is 0. The molecule has 0 bridgehead atoms. The van der Waals surface area contributed by atoms with E-state index in [1.807, 2.05) is 19.1 Å². The second-order valence-electron chi connectivity index (χ2n) is 4.90. The van der Waals surface area contributed by atoms with Crippen LogP contribution in [0.2, 0.25) is 5.02 Å². The van der Waals surface area contributed by atoms with E-state index in [0.717, 1.165) is 21.7 Å². The van der Waals surface area contributed by atoms with Gasteiger partial charge >= 0.3 is 0 Å². The molecule has 0 saturated heterocycles. The first-order valence-electron chi connectivity index (χ1n) is 6.07. The van der Waals surface area contributed by atoms with E-state index in [-0.39, 0.29) is 6.04 Å². The Hall–Kier alpha value is -1.31. The van der Waals surface area contributed by atoms with Gasteiger partial charge in [-0.05, 0) is 55.2 Å². The Bertz CT molecular complexity index is 555. The van der Waals surface area contributed by atoms with Crippen molar-refractivity contribution >= 4 is 11.6 Å². The molecule has 0 amide bonds. The lowest BCUT2D eigenvalue weighted by molar-refractivity contribution is 0.859. The minimum Gasteiger partial charge on any atom is -0.320 e. The maximum Gasteiger partial charge on any atom is 0.0554 e. The van der Waals surface area contributed by atoms with Gasteiger partial charge in [-0.2, -0.15) is 0 Å². The van der Waals surface area contributed by atoms with Gasteiger partial charge in [0, 0.05) is 5.02 Å². The van der Waals surface area contributed by atoms with Crippen molar-refractivity contribution in [3.8, 4) is 0 Å². The largest absolute Gasteiger partial charge is 0.320 e. The van der Waals surface area contributed by atoms with Crippen molar-refractivity contribution in [2.45, 2.75) is 26.8 Å². The minimum atomic E-state index is -0.122. The van der Waals surface area contributed by atoms with E-state index in [9.17, 15) is 0 Å². The molecule has 0 aliphatic carbocycles. The highest BCUT2D eigenvalue weighted by atomic mass is 35.5. The zero-order valence-corrected chi connectivity index (χ0v) is 11.8. The molecule has 0 heterocycles. The third-order valence-corrected chi connectivity index (χ3v) is 3.40. The second kappa shape index (κ2) is 5.13. The van der Waals surface area contributed by atoms with Crippen LogP contribution in [0, 0.1) is 20.8 Å². The number of hydrogen-bond donors (Lipinski definition) is 1. The van der Waals surface area contributed by atoms with Crippen molar-refractivity contribution in [1.82, 2.24) is 0 Å². The van der Waals surface area contributed by atoms with Gasteiger partial charge < -0.3 is 5.73 Å². The van der Waals surface area contributed by atoms with Gasteiger partial charge in [0.25, 0.3) is 0 Å². The molecular formula is C16H18ClN. The second-order valence-corrected chi connectivity index (χ2v) is 5.34. The molecule has 2 aromatic rings. The van der Waals surface area contributed by atoms with Gasteiger partial charge in [0.2, 0.25) is 0 Å². The predicted molar refractivity (Wildman–Crippen MR) is 78.1 cm³/mol. The monoisotopic (exact) mass is 259 g/mol. The van der Waals surface area contributed by atoms with Crippen molar-refractivity contribution in [3.63, 3.8) is 0 Å². The van der Waals surface area contributed by atoms with Crippen LogP contribution >= 0.6 is 11.6 Å². The Morgan fingerprint density at radius 3 is 2.28 bits per heavy atom. The van der Waals surface area contributed by atoms with Crippen LogP contribution in [0.15, 0.2) is 36.4 Å². The van der Waals surface area contributed by atoms with E-state index in [4.69, 9.17) is 17.3 Å². The summed E-state index contributed by atoms with van der Waals surface area (Å²) in [6, 6.07) is 12.2. The first-order chi connectivity index (χ1) is 8.47. The van der Waals surface area contributed by atoms with Gasteiger partial charge in [-0.15, -0.1) is 0 Å². The molecule has 0 aliphatic heterocycles. The Morgan fingerprint density at radius 2 is 1.67 bits per heavy atom. The third kappa shape index (κ3) is 2.74. The van der Waals surface area contributed by atoms with Crippen LogP contribution in [0.25, 0.3) is 0 Å². The van der Waals surface area contributed by atoms with Gasteiger partial charge in [-0.1, -0.05) is 41.4 Å². The number of halogens is 1. The van der Waals surface area contributed by atoms with Crippen LogP contribution < -0.4 is 5.73 Å². The van der Waals surface area contributed by atoms with Crippen molar-refractivity contribution in [2.75, 3.05) is 0 Å². The Balaban J connectivity index is 2.44. The van der Waals surface area contributed by atoms with Gasteiger partial charge in [0.15, 0.2) is 0 Å². The smallest absolute Gasteiger partial charge is 0.0554 e. The number of aryl methyl sites for hydroxylation is 3. The van der Waals surface area contributed by atoms with Gasteiger partial charge in [-0.3, -0.25) is 0 Å². The maximum atomic E-state index is 6.35. The summed E-state index contributed by atoms with van der Waals surface area (Å²) in [4.78, 5) is 0. The fourth-order valence-corrected chi connectivity index (χ4v) is 2.60. The minimum absolute atomic E-state index is 0.122. The molecule has 2 aromatic carbocycles. The average Bonchev–Trinajstić information content (AvgIpc) is 2.26. The Labute approximate surface area is 114 Å². The summed E-state index contributed by atoms with van der Waals surface area (Å²) in [5.41, 5.74) is 12.2. The van der Waals surface area contributed by atoms with Crippen molar-refractivity contribution in [1.29, 1.82) is 0 Å². The lowest BCUT2D eigenvalue weighted by atomic mass is 9.94. The molecule has 2 N–H and O–H groups in total. The number of nitrogens with two attached hydrogens (primary N) is 1. The summed E-state index contributed by atoms with van der Waals surface area (Å²) in [5.74, 6) is 0. The normalized spacial score (nSPS) is 12.5. The Morgan fingerprint density at radius 1 is 0.944 bits per heavy atom. The molecule has 1 atom stereocenters. The highest BCUT2D eigenvalue weighted by Crippen LogP contribution is 2.26. The van der Waals surface area contributed by atoms with Crippen LogP contribution in [-0.4, -0.2) is 0 Å². The van der Waals surface area contributed by atoms with E-state index in [2.05, 4.69) is 38.1 Å². The van der Waals surface area contributed by atoms with Crippen LogP contribution in [0.3, 0.4) is 0 Å². The molecule has 18 heavy (non-hydrogen) atoms. The molecule has 0 fully saturated rings. The quantitative estimate of drug-likeness (QED) is 0.854. The third-order valence-electron chi connectivity index (χ3n) is 3.18. The summed E-state index contributed by atoms with van der Waals surface area (Å²) in [6.45, 7) is 6.22. The summed E-state index contributed by atoms with van der Waals surface area (Å²) in [7, 11) is 0. The maximum absolute atomic E-state index is 6.35.